The number of fused-ring (bicyclic) bond motifs is 3. The van der Waals surface area contributed by atoms with Gasteiger partial charge in [0.05, 0.1) is 19.2 Å². The Morgan fingerprint density at radius 3 is 2.49 bits per heavy atom. The number of amides is 2. The number of carbonyl (C=O) groups is 2. The van der Waals surface area contributed by atoms with Gasteiger partial charge in [0.15, 0.2) is 5.58 Å². The van der Waals surface area contributed by atoms with Crippen LogP contribution in [0.5, 0.6) is 5.75 Å². The van der Waals surface area contributed by atoms with Gasteiger partial charge in [-0.25, -0.2) is 0 Å². The van der Waals surface area contributed by atoms with Gasteiger partial charge in [0.25, 0.3) is 5.91 Å². The van der Waals surface area contributed by atoms with Crippen molar-refractivity contribution in [1.29, 1.82) is 0 Å². The van der Waals surface area contributed by atoms with E-state index in [9.17, 15) is 9.59 Å². The van der Waals surface area contributed by atoms with Gasteiger partial charge in [0, 0.05) is 24.7 Å². The molecule has 0 unspecified atom stereocenters. The maximum atomic E-state index is 13.9. The number of hydrogen-bond donors (Lipinski definition) is 1. The molecular formula is C28H35N3O4. The zero-order valence-corrected chi connectivity index (χ0v) is 20.9. The third kappa shape index (κ3) is 4.44. The molecule has 1 aliphatic heterocycles. The number of aromatic nitrogens is 1. The minimum atomic E-state index is -1.04. The van der Waals surface area contributed by atoms with Crippen LogP contribution in [-0.4, -0.2) is 40.0 Å². The van der Waals surface area contributed by atoms with E-state index < -0.39 is 5.54 Å². The number of hydrogen-bond acceptors (Lipinski definition) is 4. The standard InChI is InChI=1S/C28H35N3O4/c1-19-15-23-25(35-19)16-24-26(32)31(17-20-11-13-22(34-3)14-12-20)28(2,18-30(23)24)27(33)29-21-9-7-5-4-6-8-10-21/h11-16,21H,4-10,17-18H2,1-3H3,(H,29,33)/t28-/m0/s1. The van der Waals surface area contributed by atoms with Gasteiger partial charge in [-0.3, -0.25) is 9.59 Å². The van der Waals surface area contributed by atoms with Gasteiger partial charge >= 0.3 is 0 Å². The summed E-state index contributed by atoms with van der Waals surface area (Å²) in [7, 11) is 1.63. The van der Waals surface area contributed by atoms with Crippen LogP contribution in [0.4, 0.5) is 0 Å². The van der Waals surface area contributed by atoms with Crippen LogP contribution in [0.25, 0.3) is 11.1 Å². The molecule has 7 nitrogen and oxygen atoms in total. The summed E-state index contributed by atoms with van der Waals surface area (Å²) in [6, 6.07) is 11.6. The van der Waals surface area contributed by atoms with Crippen LogP contribution >= 0.6 is 0 Å². The van der Waals surface area contributed by atoms with Gasteiger partial charge in [-0.15, -0.1) is 0 Å². The Kier molecular flexibility index (Phi) is 6.34. The summed E-state index contributed by atoms with van der Waals surface area (Å²) in [5.74, 6) is 1.30. The smallest absolute Gasteiger partial charge is 0.271 e. The zero-order chi connectivity index (χ0) is 24.6. The maximum absolute atomic E-state index is 13.9. The molecule has 0 saturated heterocycles. The molecule has 1 atom stereocenters. The van der Waals surface area contributed by atoms with E-state index in [2.05, 4.69) is 5.32 Å². The fraction of sp³-hybridized carbons (Fsp3) is 0.500. The summed E-state index contributed by atoms with van der Waals surface area (Å²) >= 11 is 0. The van der Waals surface area contributed by atoms with Crippen LogP contribution in [0.15, 0.2) is 40.8 Å². The van der Waals surface area contributed by atoms with Crippen molar-refractivity contribution in [2.75, 3.05) is 7.11 Å². The monoisotopic (exact) mass is 477 g/mol. The zero-order valence-electron chi connectivity index (χ0n) is 20.9. The Hall–Kier alpha value is -3.22. The van der Waals surface area contributed by atoms with Crippen molar-refractivity contribution >= 4 is 22.9 Å². The molecule has 3 aromatic rings. The average molecular weight is 478 g/mol. The third-order valence-corrected chi connectivity index (χ3v) is 7.67. The topological polar surface area (TPSA) is 76.7 Å². The largest absolute Gasteiger partial charge is 0.497 e. The normalized spacial score (nSPS) is 21.5. The number of nitrogens with one attached hydrogen (secondary N) is 1. The lowest BCUT2D eigenvalue weighted by atomic mass is 9.91. The molecular weight excluding hydrogens is 442 g/mol. The van der Waals surface area contributed by atoms with Crippen LogP contribution in [0.3, 0.4) is 0 Å². The highest BCUT2D eigenvalue weighted by Crippen LogP contribution is 2.35. The molecule has 1 aromatic carbocycles. The van der Waals surface area contributed by atoms with Gasteiger partial charge in [0.2, 0.25) is 5.91 Å². The number of furan rings is 1. The summed E-state index contributed by atoms with van der Waals surface area (Å²) in [5, 5.41) is 3.34. The van der Waals surface area contributed by atoms with Crippen molar-refractivity contribution in [3.8, 4) is 5.75 Å². The van der Waals surface area contributed by atoms with Crippen LogP contribution in [0.2, 0.25) is 0 Å². The lowest BCUT2D eigenvalue weighted by molar-refractivity contribution is -0.134. The van der Waals surface area contributed by atoms with Crippen molar-refractivity contribution in [1.82, 2.24) is 14.8 Å². The first-order valence-corrected chi connectivity index (χ1v) is 12.7. The number of benzene rings is 1. The van der Waals surface area contributed by atoms with Gasteiger partial charge in [-0.05, 0) is 44.4 Å². The van der Waals surface area contributed by atoms with E-state index in [-0.39, 0.29) is 17.9 Å². The first-order chi connectivity index (χ1) is 16.9. The Balaban J connectivity index is 1.49. The van der Waals surface area contributed by atoms with E-state index in [0.717, 1.165) is 48.3 Å². The molecule has 5 rings (SSSR count). The molecule has 1 aliphatic carbocycles. The Bertz CT molecular complexity index is 1220. The molecule has 0 spiro atoms. The van der Waals surface area contributed by atoms with Crippen molar-refractivity contribution < 1.29 is 18.7 Å². The van der Waals surface area contributed by atoms with E-state index in [4.69, 9.17) is 9.15 Å². The molecule has 1 N–H and O–H groups in total. The molecule has 0 radical (unpaired) electrons. The number of aryl methyl sites for hydroxylation is 1. The second kappa shape index (κ2) is 9.44. The van der Waals surface area contributed by atoms with E-state index >= 15 is 0 Å². The molecule has 2 aliphatic rings. The maximum Gasteiger partial charge on any atom is 0.271 e. The Morgan fingerprint density at radius 1 is 1.11 bits per heavy atom. The van der Waals surface area contributed by atoms with Crippen molar-refractivity contribution in [3.05, 3.63) is 53.4 Å². The molecule has 0 bridgehead atoms. The number of ether oxygens (including phenoxy) is 1. The van der Waals surface area contributed by atoms with Crippen molar-refractivity contribution in [3.63, 3.8) is 0 Å². The quantitative estimate of drug-likeness (QED) is 0.548. The minimum absolute atomic E-state index is 0.0855. The lowest BCUT2D eigenvalue weighted by Crippen LogP contribution is -2.64. The first kappa shape index (κ1) is 23.5. The molecule has 35 heavy (non-hydrogen) atoms. The van der Waals surface area contributed by atoms with Crippen LogP contribution in [0.1, 0.15) is 73.7 Å². The third-order valence-electron chi connectivity index (χ3n) is 7.67. The van der Waals surface area contributed by atoms with Crippen molar-refractivity contribution in [2.45, 2.75) is 83.5 Å². The second-order valence-electron chi connectivity index (χ2n) is 10.3. The number of rotatable bonds is 5. The number of carbonyl (C=O) groups excluding carboxylic acids is 2. The minimum Gasteiger partial charge on any atom is -0.497 e. The highest BCUT2D eigenvalue weighted by molar-refractivity contribution is 6.03. The fourth-order valence-electron chi connectivity index (χ4n) is 5.56. The predicted molar refractivity (Wildman–Crippen MR) is 134 cm³/mol. The van der Waals surface area contributed by atoms with Gasteiger partial charge in [0.1, 0.15) is 22.7 Å². The van der Waals surface area contributed by atoms with Crippen LogP contribution < -0.4 is 10.1 Å². The number of nitrogens with zero attached hydrogens (tertiary/aromatic N) is 2. The first-order valence-electron chi connectivity index (χ1n) is 12.7. The highest BCUT2D eigenvalue weighted by atomic mass is 16.5. The molecule has 2 amide bonds. The molecule has 3 heterocycles. The molecule has 1 saturated carbocycles. The van der Waals surface area contributed by atoms with Crippen LogP contribution in [-0.2, 0) is 17.9 Å². The molecule has 2 aromatic heterocycles. The summed E-state index contributed by atoms with van der Waals surface area (Å²) in [6.07, 6.45) is 7.97. The van der Waals surface area contributed by atoms with Gasteiger partial charge in [-0.1, -0.05) is 44.2 Å². The fourth-order valence-corrected chi connectivity index (χ4v) is 5.56. The Morgan fingerprint density at radius 2 is 1.80 bits per heavy atom. The molecule has 1 fully saturated rings. The predicted octanol–water partition coefficient (Wildman–Crippen LogP) is 5.20. The van der Waals surface area contributed by atoms with Crippen molar-refractivity contribution in [2.24, 2.45) is 0 Å². The van der Waals surface area contributed by atoms with E-state index in [1.54, 1.807) is 18.1 Å². The summed E-state index contributed by atoms with van der Waals surface area (Å²) in [6.45, 7) is 4.51. The lowest BCUT2D eigenvalue weighted by Gasteiger charge is -2.44. The van der Waals surface area contributed by atoms with Gasteiger partial charge in [-0.2, -0.15) is 0 Å². The molecule has 7 heteroatoms. The summed E-state index contributed by atoms with van der Waals surface area (Å²) in [5.41, 5.74) is 2.01. The van der Waals surface area contributed by atoms with E-state index in [0.29, 0.717) is 24.4 Å². The summed E-state index contributed by atoms with van der Waals surface area (Å²) < 4.78 is 13.1. The highest BCUT2D eigenvalue weighted by Gasteiger charge is 2.48. The number of methoxy groups -OCH3 is 1. The van der Waals surface area contributed by atoms with Gasteiger partial charge < -0.3 is 23.9 Å². The van der Waals surface area contributed by atoms with E-state index in [1.165, 1.54) is 19.3 Å². The molecule has 186 valence electrons. The SMILES string of the molecule is COc1ccc(CN2C(=O)c3cc4oc(C)cc4n3C[C@@]2(C)C(=O)NC2CCCCCCC2)cc1. The summed E-state index contributed by atoms with van der Waals surface area (Å²) in [4.78, 5) is 29.5. The second-order valence-corrected chi connectivity index (χ2v) is 10.3. The van der Waals surface area contributed by atoms with E-state index in [1.807, 2.05) is 48.7 Å². The average Bonchev–Trinajstić information content (AvgIpc) is 3.35. The van der Waals surface area contributed by atoms with Crippen LogP contribution in [0, 0.1) is 6.92 Å². The Labute approximate surface area is 206 Å².